The Bertz CT molecular complexity index is 540. The Morgan fingerprint density at radius 3 is 2.82 bits per heavy atom. The number of piperidine rings is 1. The van der Waals surface area contributed by atoms with E-state index in [0.717, 1.165) is 30.8 Å². The normalized spacial score (nSPS) is 20.8. The summed E-state index contributed by atoms with van der Waals surface area (Å²) in [5, 5.41) is 0. The van der Waals surface area contributed by atoms with E-state index in [-0.39, 0.29) is 17.4 Å². The first-order valence-electron chi connectivity index (χ1n) is 8.03. The molecule has 1 aromatic carbocycles. The van der Waals surface area contributed by atoms with Crippen LogP contribution < -0.4 is 10.5 Å². The van der Waals surface area contributed by atoms with Gasteiger partial charge >= 0.3 is 0 Å². The highest BCUT2D eigenvalue weighted by Crippen LogP contribution is 2.28. The van der Waals surface area contributed by atoms with Crippen molar-refractivity contribution in [2.45, 2.75) is 46.6 Å². The van der Waals surface area contributed by atoms with Crippen molar-refractivity contribution in [3.05, 3.63) is 29.3 Å². The van der Waals surface area contributed by atoms with Gasteiger partial charge in [-0.3, -0.25) is 4.79 Å². The van der Waals surface area contributed by atoms with E-state index < -0.39 is 0 Å². The number of hydrogen-bond donors (Lipinski definition) is 1. The summed E-state index contributed by atoms with van der Waals surface area (Å²) in [6.07, 6.45) is 1.29. The van der Waals surface area contributed by atoms with Gasteiger partial charge in [-0.1, -0.05) is 26.0 Å². The molecule has 1 amide bonds. The molecule has 1 fully saturated rings. The smallest absolute Gasteiger partial charge is 0.226 e. The first-order valence-corrected chi connectivity index (χ1v) is 8.03. The summed E-state index contributed by atoms with van der Waals surface area (Å²) < 4.78 is 5.78. The summed E-state index contributed by atoms with van der Waals surface area (Å²) in [6, 6.07) is 6.17. The number of carbonyl (C=O) groups is 1. The first kappa shape index (κ1) is 16.8. The average molecular weight is 304 g/mol. The third kappa shape index (κ3) is 3.80. The molecule has 4 heteroatoms. The standard InChI is InChI=1S/C18H28N2O2/c1-13-6-5-7-15(14(13)2)22-11-9-17(21)20-10-8-16(19)18(3,4)12-20/h5-7,16H,8-12,19H2,1-4H3. The molecule has 0 spiro atoms. The van der Waals surface area contributed by atoms with Crippen LogP contribution in [-0.4, -0.2) is 36.5 Å². The lowest BCUT2D eigenvalue weighted by molar-refractivity contribution is -0.135. The lowest BCUT2D eigenvalue weighted by Gasteiger charge is -2.42. The van der Waals surface area contributed by atoms with Gasteiger partial charge in [0.05, 0.1) is 13.0 Å². The summed E-state index contributed by atoms with van der Waals surface area (Å²) in [5.41, 5.74) is 8.45. The van der Waals surface area contributed by atoms with E-state index in [9.17, 15) is 4.79 Å². The predicted octanol–water partition coefficient (Wildman–Crippen LogP) is 2.66. The van der Waals surface area contributed by atoms with Gasteiger partial charge in [-0.05, 0) is 42.9 Å². The minimum atomic E-state index is -0.0120. The van der Waals surface area contributed by atoms with E-state index in [1.807, 2.05) is 24.0 Å². The number of ether oxygens (including phenoxy) is 1. The third-order valence-electron chi connectivity index (χ3n) is 4.79. The van der Waals surface area contributed by atoms with Crippen LogP contribution in [0, 0.1) is 19.3 Å². The van der Waals surface area contributed by atoms with Gasteiger partial charge in [-0.2, -0.15) is 0 Å². The molecule has 4 nitrogen and oxygen atoms in total. The minimum Gasteiger partial charge on any atom is -0.493 e. The third-order valence-corrected chi connectivity index (χ3v) is 4.79. The zero-order valence-corrected chi connectivity index (χ0v) is 14.2. The van der Waals surface area contributed by atoms with Crippen LogP contribution in [0.3, 0.4) is 0 Å². The number of carbonyl (C=O) groups excluding carboxylic acids is 1. The maximum absolute atomic E-state index is 12.3. The Kier molecular flexibility index (Phi) is 5.12. The van der Waals surface area contributed by atoms with Gasteiger partial charge in [-0.15, -0.1) is 0 Å². The van der Waals surface area contributed by atoms with Gasteiger partial charge in [0, 0.05) is 19.1 Å². The number of amides is 1. The number of hydrogen-bond acceptors (Lipinski definition) is 3. The lowest BCUT2D eigenvalue weighted by Crippen LogP contribution is -2.54. The zero-order chi connectivity index (χ0) is 16.3. The second-order valence-corrected chi connectivity index (χ2v) is 7.00. The summed E-state index contributed by atoms with van der Waals surface area (Å²) in [5.74, 6) is 1.03. The quantitative estimate of drug-likeness (QED) is 0.930. The molecule has 0 aliphatic carbocycles. The number of aryl methyl sites for hydroxylation is 1. The van der Waals surface area contributed by atoms with Crippen LogP contribution in [-0.2, 0) is 4.79 Å². The number of nitrogens with two attached hydrogens (primary N) is 1. The SMILES string of the molecule is Cc1cccc(OCCC(=O)N2CCC(N)C(C)(C)C2)c1C. The Hall–Kier alpha value is -1.55. The molecule has 1 saturated heterocycles. The lowest BCUT2D eigenvalue weighted by atomic mass is 9.79. The molecular weight excluding hydrogens is 276 g/mol. The molecule has 22 heavy (non-hydrogen) atoms. The highest BCUT2D eigenvalue weighted by Gasteiger charge is 2.35. The number of rotatable bonds is 4. The van der Waals surface area contributed by atoms with Gasteiger partial charge in [0.1, 0.15) is 5.75 Å². The zero-order valence-electron chi connectivity index (χ0n) is 14.2. The van der Waals surface area contributed by atoms with Crippen LogP contribution in [0.15, 0.2) is 18.2 Å². The van der Waals surface area contributed by atoms with Crippen molar-refractivity contribution in [3.8, 4) is 5.75 Å². The minimum absolute atomic E-state index is 0.0120. The van der Waals surface area contributed by atoms with Crippen molar-refractivity contribution in [2.75, 3.05) is 19.7 Å². The fraction of sp³-hybridized carbons (Fsp3) is 0.611. The van der Waals surface area contributed by atoms with Crippen LogP contribution in [0.2, 0.25) is 0 Å². The molecule has 0 aromatic heterocycles. The Labute approximate surface area is 133 Å². The van der Waals surface area contributed by atoms with Gasteiger partial charge in [-0.25, -0.2) is 0 Å². The van der Waals surface area contributed by atoms with Gasteiger partial charge in [0.15, 0.2) is 0 Å². The molecule has 2 N–H and O–H groups in total. The van der Waals surface area contributed by atoms with Crippen LogP contribution in [0.4, 0.5) is 0 Å². The Balaban J connectivity index is 1.84. The molecule has 2 rings (SSSR count). The average Bonchev–Trinajstić information content (AvgIpc) is 2.46. The Morgan fingerprint density at radius 1 is 1.41 bits per heavy atom. The van der Waals surface area contributed by atoms with Gasteiger partial charge < -0.3 is 15.4 Å². The van der Waals surface area contributed by atoms with Crippen molar-refractivity contribution in [3.63, 3.8) is 0 Å². The second-order valence-electron chi connectivity index (χ2n) is 7.00. The van der Waals surface area contributed by atoms with Crippen molar-refractivity contribution >= 4 is 5.91 Å². The molecule has 122 valence electrons. The predicted molar refractivity (Wildman–Crippen MR) is 89.0 cm³/mol. The van der Waals surface area contributed by atoms with Crippen molar-refractivity contribution < 1.29 is 9.53 Å². The molecular formula is C18H28N2O2. The fourth-order valence-corrected chi connectivity index (χ4v) is 2.87. The molecule has 1 aliphatic rings. The first-order chi connectivity index (χ1) is 10.3. The van der Waals surface area contributed by atoms with E-state index in [1.54, 1.807) is 0 Å². The van der Waals surface area contributed by atoms with Crippen molar-refractivity contribution in [1.82, 2.24) is 4.90 Å². The highest BCUT2D eigenvalue weighted by molar-refractivity contribution is 5.76. The van der Waals surface area contributed by atoms with Crippen LogP contribution >= 0.6 is 0 Å². The molecule has 1 unspecified atom stereocenters. The molecule has 0 saturated carbocycles. The largest absolute Gasteiger partial charge is 0.493 e. The molecule has 0 bridgehead atoms. The molecule has 1 heterocycles. The molecule has 1 atom stereocenters. The van der Waals surface area contributed by atoms with Crippen LogP contribution in [0.5, 0.6) is 5.75 Å². The Morgan fingerprint density at radius 2 is 2.14 bits per heavy atom. The van der Waals surface area contributed by atoms with Gasteiger partial charge in [0.2, 0.25) is 5.91 Å². The second kappa shape index (κ2) is 6.69. The fourth-order valence-electron chi connectivity index (χ4n) is 2.87. The molecule has 1 aromatic rings. The van der Waals surface area contributed by atoms with Crippen molar-refractivity contribution in [1.29, 1.82) is 0 Å². The summed E-state index contributed by atoms with van der Waals surface area (Å²) in [4.78, 5) is 14.3. The monoisotopic (exact) mass is 304 g/mol. The summed E-state index contributed by atoms with van der Waals surface area (Å²) >= 11 is 0. The van der Waals surface area contributed by atoms with E-state index >= 15 is 0 Å². The number of benzene rings is 1. The molecule has 0 radical (unpaired) electrons. The number of likely N-dealkylation sites (tertiary alicyclic amines) is 1. The topological polar surface area (TPSA) is 55.6 Å². The van der Waals surface area contributed by atoms with E-state index in [2.05, 4.69) is 26.8 Å². The maximum Gasteiger partial charge on any atom is 0.226 e. The molecule has 1 aliphatic heterocycles. The summed E-state index contributed by atoms with van der Waals surface area (Å²) in [7, 11) is 0. The highest BCUT2D eigenvalue weighted by atomic mass is 16.5. The number of nitrogens with zero attached hydrogens (tertiary/aromatic N) is 1. The van der Waals surface area contributed by atoms with E-state index in [0.29, 0.717) is 13.0 Å². The van der Waals surface area contributed by atoms with E-state index in [4.69, 9.17) is 10.5 Å². The summed E-state index contributed by atoms with van der Waals surface area (Å²) in [6.45, 7) is 10.3. The van der Waals surface area contributed by atoms with Gasteiger partial charge in [0.25, 0.3) is 0 Å². The van der Waals surface area contributed by atoms with E-state index in [1.165, 1.54) is 5.56 Å². The van der Waals surface area contributed by atoms with Crippen molar-refractivity contribution in [2.24, 2.45) is 11.1 Å². The van der Waals surface area contributed by atoms with Crippen LogP contribution in [0.25, 0.3) is 0 Å². The van der Waals surface area contributed by atoms with Crippen LogP contribution in [0.1, 0.15) is 37.8 Å². The maximum atomic E-state index is 12.3.